The number of carbonyl (C=O) groups excluding carboxylic acids is 1. The minimum atomic E-state index is -0.208. The molecule has 0 fully saturated rings. The number of hydrogen-bond acceptors (Lipinski definition) is 4. The first-order valence-electron chi connectivity index (χ1n) is 8.13. The van der Waals surface area contributed by atoms with E-state index in [0.29, 0.717) is 14.9 Å². The number of nitrogens with zero attached hydrogens (tertiary/aromatic N) is 1. The zero-order valence-corrected chi connectivity index (χ0v) is 16.3. The highest BCUT2D eigenvalue weighted by molar-refractivity contribution is 7.17. The molecule has 1 amide bonds. The summed E-state index contributed by atoms with van der Waals surface area (Å²) in [7, 11) is 0. The van der Waals surface area contributed by atoms with E-state index in [-0.39, 0.29) is 12.5 Å². The van der Waals surface area contributed by atoms with Gasteiger partial charge in [-0.1, -0.05) is 35.4 Å². The lowest BCUT2D eigenvalue weighted by atomic mass is 10.0. The Morgan fingerprint density at radius 3 is 2.54 bits per heavy atom. The number of aliphatic hydroxyl groups is 1. The Bertz CT molecular complexity index is 959. The van der Waals surface area contributed by atoms with E-state index in [1.54, 1.807) is 6.20 Å². The molecule has 1 heterocycles. The zero-order valence-electron chi connectivity index (χ0n) is 14.8. The highest BCUT2D eigenvalue weighted by atomic mass is 35.5. The number of nitrogens with one attached hydrogen (secondary N) is 1. The molecule has 0 bridgehead atoms. The fraction of sp³-hybridized carbons (Fsp3) is 0.200. The Hall–Kier alpha value is -2.21. The Labute approximate surface area is 161 Å². The van der Waals surface area contributed by atoms with Crippen LogP contribution < -0.4 is 5.32 Å². The van der Waals surface area contributed by atoms with Crippen LogP contribution in [0.5, 0.6) is 0 Å². The van der Waals surface area contributed by atoms with E-state index in [9.17, 15) is 9.90 Å². The number of hydrogen-bond donors (Lipinski definition) is 2. The highest BCUT2D eigenvalue weighted by Gasteiger charge is 2.16. The molecule has 134 valence electrons. The van der Waals surface area contributed by atoms with Gasteiger partial charge in [0.2, 0.25) is 0 Å². The molecule has 0 radical (unpaired) electrons. The van der Waals surface area contributed by atoms with Crippen molar-refractivity contribution in [3.8, 4) is 10.6 Å². The van der Waals surface area contributed by atoms with E-state index >= 15 is 0 Å². The summed E-state index contributed by atoms with van der Waals surface area (Å²) in [5.74, 6) is -0.208. The van der Waals surface area contributed by atoms with Crippen molar-refractivity contribution in [2.75, 3.05) is 5.32 Å². The number of aryl methyl sites for hydroxylation is 3. The number of thiazole rings is 1. The second kappa shape index (κ2) is 7.58. The standard InChI is InChI=1S/C20H19ClN2O2S/c1-11-4-5-16(21)15(6-11)20-22-9-17(26-20)19(25)23-18-12(2)7-14(10-24)8-13(18)3/h4-9,24H,10H2,1-3H3,(H,23,25). The lowest BCUT2D eigenvalue weighted by Crippen LogP contribution is -2.12. The first kappa shape index (κ1) is 18.6. The Balaban J connectivity index is 1.86. The van der Waals surface area contributed by atoms with Crippen LogP contribution in [0.4, 0.5) is 5.69 Å². The van der Waals surface area contributed by atoms with E-state index in [4.69, 9.17) is 11.6 Å². The van der Waals surface area contributed by atoms with Crippen LogP contribution >= 0.6 is 22.9 Å². The molecule has 0 aliphatic rings. The molecule has 0 unspecified atom stereocenters. The van der Waals surface area contributed by atoms with E-state index in [2.05, 4.69) is 10.3 Å². The molecule has 0 aliphatic heterocycles. The summed E-state index contributed by atoms with van der Waals surface area (Å²) in [6.45, 7) is 5.78. The van der Waals surface area contributed by atoms with E-state index < -0.39 is 0 Å². The van der Waals surface area contributed by atoms with Gasteiger partial charge in [-0.3, -0.25) is 4.79 Å². The van der Waals surface area contributed by atoms with Crippen LogP contribution in [0, 0.1) is 20.8 Å². The number of rotatable bonds is 4. The van der Waals surface area contributed by atoms with Crippen LogP contribution in [0.3, 0.4) is 0 Å². The number of anilines is 1. The van der Waals surface area contributed by atoms with Crippen LogP contribution in [0.15, 0.2) is 36.5 Å². The van der Waals surface area contributed by atoms with Crippen LogP contribution in [0.25, 0.3) is 10.6 Å². The van der Waals surface area contributed by atoms with Gasteiger partial charge in [0.1, 0.15) is 9.88 Å². The van der Waals surface area contributed by atoms with Crippen molar-refractivity contribution in [2.45, 2.75) is 27.4 Å². The van der Waals surface area contributed by atoms with Gasteiger partial charge in [-0.05, 0) is 49.6 Å². The highest BCUT2D eigenvalue weighted by Crippen LogP contribution is 2.32. The minimum absolute atomic E-state index is 0.0225. The third-order valence-electron chi connectivity index (χ3n) is 4.10. The van der Waals surface area contributed by atoms with E-state index in [1.807, 2.05) is 51.1 Å². The van der Waals surface area contributed by atoms with Gasteiger partial charge in [-0.2, -0.15) is 0 Å². The van der Waals surface area contributed by atoms with Gasteiger partial charge in [0.05, 0.1) is 17.8 Å². The summed E-state index contributed by atoms with van der Waals surface area (Å²) in [5.41, 5.74) is 5.32. The van der Waals surface area contributed by atoms with Gasteiger partial charge >= 0.3 is 0 Å². The lowest BCUT2D eigenvalue weighted by Gasteiger charge is -2.12. The monoisotopic (exact) mass is 386 g/mol. The zero-order chi connectivity index (χ0) is 18.8. The molecular formula is C20H19ClN2O2S. The van der Waals surface area contributed by atoms with E-state index in [0.717, 1.165) is 33.5 Å². The molecular weight excluding hydrogens is 368 g/mol. The van der Waals surface area contributed by atoms with Crippen LogP contribution in [0.2, 0.25) is 5.02 Å². The molecule has 1 aromatic heterocycles. The van der Waals surface area contributed by atoms with Crippen LogP contribution in [-0.4, -0.2) is 16.0 Å². The van der Waals surface area contributed by atoms with E-state index in [1.165, 1.54) is 11.3 Å². The van der Waals surface area contributed by atoms with Gasteiger partial charge in [-0.15, -0.1) is 11.3 Å². The van der Waals surface area contributed by atoms with Crippen molar-refractivity contribution in [1.29, 1.82) is 0 Å². The van der Waals surface area contributed by atoms with Crippen molar-refractivity contribution in [3.05, 3.63) is 68.7 Å². The minimum Gasteiger partial charge on any atom is -0.392 e. The molecule has 0 spiro atoms. The van der Waals surface area contributed by atoms with Gasteiger partial charge < -0.3 is 10.4 Å². The molecule has 3 aromatic rings. The quantitative estimate of drug-likeness (QED) is 0.653. The normalized spacial score (nSPS) is 10.8. The molecule has 2 aromatic carbocycles. The Kier molecular flexibility index (Phi) is 5.41. The number of benzene rings is 2. The van der Waals surface area contributed by atoms with Crippen molar-refractivity contribution < 1.29 is 9.90 Å². The van der Waals surface area contributed by atoms with Crippen LogP contribution in [-0.2, 0) is 6.61 Å². The van der Waals surface area contributed by atoms with Crippen molar-refractivity contribution in [1.82, 2.24) is 4.98 Å². The molecule has 0 saturated heterocycles. The topological polar surface area (TPSA) is 62.2 Å². The molecule has 0 aliphatic carbocycles. The lowest BCUT2D eigenvalue weighted by molar-refractivity contribution is 0.103. The maximum Gasteiger partial charge on any atom is 0.267 e. The summed E-state index contributed by atoms with van der Waals surface area (Å²) in [4.78, 5) is 17.5. The average molecular weight is 387 g/mol. The van der Waals surface area contributed by atoms with Crippen molar-refractivity contribution in [2.24, 2.45) is 0 Å². The maximum absolute atomic E-state index is 12.6. The molecule has 0 saturated carbocycles. The molecule has 4 nitrogen and oxygen atoms in total. The molecule has 2 N–H and O–H groups in total. The fourth-order valence-corrected chi connectivity index (χ4v) is 3.93. The number of amides is 1. The number of halogens is 1. The third kappa shape index (κ3) is 3.80. The largest absolute Gasteiger partial charge is 0.392 e. The second-order valence-electron chi connectivity index (χ2n) is 6.23. The second-order valence-corrected chi connectivity index (χ2v) is 7.67. The summed E-state index contributed by atoms with van der Waals surface area (Å²) in [6, 6.07) is 9.47. The number of aliphatic hydroxyl groups excluding tert-OH is 1. The van der Waals surface area contributed by atoms with Crippen LogP contribution in [0.1, 0.15) is 31.9 Å². The average Bonchev–Trinajstić information content (AvgIpc) is 3.09. The van der Waals surface area contributed by atoms with Gasteiger partial charge in [0, 0.05) is 11.3 Å². The van der Waals surface area contributed by atoms with Gasteiger partial charge in [0.25, 0.3) is 5.91 Å². The summed E-state index contributed by atoms with van der Waals surface area (Å²) in [6.07, 6.45) is 1.57. The smallest absolute Gasteiger partial charge is 0.267 e. The summed E-state index contributed by atoms with van der Waals surface area (Å²) < 4.78 is 0. The fourth-order valence-electron chi connectivity index (χ4n) is 2.82. The van der Waals surface area contributed by atoms with Crippen molar-refractivity contribution in [3.63, 3.8) is 0 Å². The predicted octanol–water partition coefficient (Wildman–Crippen LogP) is 5.13. The Morgan fingerprint density at radius 1 is 1.19 bits per heavy atom. The molecule has 3 rings (SSSR count). The third-order valence-corrected chi connectivity index (χ3v) is 5.45. The molecule has 26 heavy (non-hydrogen) atoms. The molecule has 6 heteroatoms. The first-order valence-corrected chi connectivity index (χ1v) is 9.33. The summed E-state index contributed by atoms with van der Waals surface area (Å²) >= 11 is 7.57. The van der Waals surface area contributed by atoms with Gasteiger partial charge in [-0.25, -0.2) is 4.98 Å². The molecule has 0 atom stereocenters. The predicted molar refractivity (Wildman–Crippen MR) is 107 cm³/mol. The number of carbonyl (C=O) groups is 1. The van der Waals surface area contributed by atoms with Gasteiger partial charge in [0.15, 0.2) is 0 Å². The SMILES string of the molecule is Cc1ccc(Cl)c(-c2ncc(C(=O)Nc3c(C)cc(CO)cc3C)s2)c1. The Morgan fingerprint density at radius 2 is 1.88 bits per heavy atom. The maximum atomic E-state index is 12.6. The summed E-state index contributed by atoms with van der Waals surface area (Å²) in [5, 5.41) is 13.6. The number of aromatic nitrogens is 1. The first-order chi connectivity index (χ1) is 12.4. The van der Waals surface area contributed by atoms with Crippen molar-refractivity contribution >= 4 is 34.5 Å².